The van der Waals surface area contributed by atoms with Gasteiger partial charge in [0.15, 0.2) is 0 Å². The van der Waals surface area contributed by atoms with Crippen LogP contribution in [0, 0.1) is 0 Å². The molecule has 21 heavy (non-hydrogen) atoms. The Labute approximate surface area is 129 Å². The number of carbonyl (C=O) groups excluding carboxylic acids is 1. The van der Waals surface area contributed by atoms with E-state index in [1.54, 1.807) is 6.08 Å². The molecule has 0 saturated heterocycles. The fourth-order valence-electron chi connectivity index (χ4n) is 2.45. The van der Waals surface area contributed by atoms with Gasteiger partial charge in [0.05, 0.1) is 0 Å². The van der Waals surface area contributed by atoms with Crippen LogP contribution in [0.25, 0.3) is 6.08 Å². The summed E-state index contributed by atoms with van der Waals surface area (Å²) in [5, 5.41) is 0. The first kappa shape index (κ1) is 17.5. The van der Waals surface area contributed by atoms with Gasteiger partial charge in [0, 0.05) is 18.2 Å². The third kappa shape index (κ3) is 5.04. The van der Waals surface area contributed by atoms with Crippen LogP contribution in [0.4, 0.5) is 0 Å². The van der Waals surface area contributed by atoms with E-state index >= 15 is 0 Å². The van der Waals surface area contributed by atoms with Gasteiger partial charge in [0.25, 0.3) is 0 Å². The summed E-state index contributed by atoms with van der Waals surface area (Å²) in [6, 6.07) is 8.83. The van der Waals surface area contributed by atoms with Crippen molar-refractivity contribution in [1.29, 1.82) is 0 Å². The monoisotopic (exact) mass is 287 g/mol. The average molecular weight is 287 g/mol. The highest BCUT2D eigenvalue weighted by Gasteiger charge is 2.17. The molecule has 1 aromatic carbocycles. The second-order valence-corrected chi connectivity index (χ2v) is 7.14. The summed E-state index contributed by atoms with van der Waals surface area (Å²) in [4.78, 5) is 14.2. The lowest BCUT2D eigenvalue weighted by Crippen LogP contribution is -2.41. The van der Waals surface area contributed by atoms with E-state index in [0.717, 1.165) is 5.56 Å². The quantitative estimate of drug-likeness (QED) is 0.739. The average Bonchev–Trinajstić information content (AvgIpc) is 2.35. The van der Waals surface area contributed by atoms with Crippen molar-refractivity contribution in [3.63, 3.8) is 0 Å². The summed E-state index contributed by atoms with van der Waals surface area (Å²) in [6.07, 6.45) is 3.57. The molecule has 2 heteroatoms. The van der Waals surface area contributed by atoms with Crippen LogP contribution in [0.1, 0.15) is 59.6 Å². The topological polar surface area (TPSA) is 20.3 Å². The Morgan fingerprint density at radius 2 is 1.48 bits per heavy atom. The lowest BCUT2D eigenvalue weighted by atomic mass is 9.87. The van der Waals surface area contributed by atoms with Crippen molar-refractivity contribution in [3.8, 4) is 0 Å². The minimum atomic E-state index is 0.0693. The van der Waals surface area contributed by atoms with Crippen LogP contribution in [-0.4, -0.2) is 22.9 Å². The van der Waals surface area contributed by atoms with Crippen molar-refractivity contribution >= 4 is 12.0 Å². The summed E-state index contributed by atoms with van der Waals surface area (Å²) >= 11 is 0. The highest BCUT2D eigenvalue weighted by Crippen LogP contribution is 2.22. The molecule has 0 fully saturated rings. The third-order valence-corrected chi connectivity index (χ3v) is 3.56. The molecule has 0 saturated carbocycles. The van der Waals surface area contributed by atoms with Gasteiger partial charge in [-0.05, 0) is 50.3 Å². The van der Waals surface area contributed by atoms with E-state index in [1.165, 1.54) is 5.56 Å². The summed E-state index contributed by atoms with van der Waals surface area (Å²) < 4.78 is 0. The molecule has 1 amide bonds. The van der Waals surface area contributed by atoms with Crippen molar-refractivity contribution < 1.29 is 4.79 Å². The maximum absolute atomic E-state index is 12.3. The SMILES string of the molecule is CC(C)N(C(=O)/C=C/c1ccc(C(C)(C)C)cc1)C(C)C. The van der Waals surface area contributed by atoms with Gasteiger partial charge in [0.2, 0.25) is 5.91 Å². The van der Waals surface area contributed by atoms with Crippen LogP contribution in [0.2, 0.25) is 0 Å². The minimum absolute atomic E-state index is 0.0693. The molecule has 0 heterocycles. The van der Waals surface area contributed by atoms with Crippen molar-refractivity contribution in [2.45, 2.75) is 66.0 Å². The summed E-state index contributed by atoms with van der Waals surface area (Å²) in [7, 11) is 0. The zero-order valence-corrected chi connectivity index (χ0v) is 14.5. The maximum Gasteiger partial charge on any atom is 0.247 e. The molecular formula is C19H29NO. The number of carbonyl (C=O) groups is 1. The summed E-state index contributed by atoms with van der Waals surface area (Å²) in [5.74, 6) is 0.0693. The van der Waals surface area contributed by atoms with Gasteiger partial charge in [-0.2, -0.15) is 0 Å². The summed E-state index contributed by atoms with van der Waals surface area (Å²) in [6.45, 7) is 14.8. The molecule has 116 valence electrons. The second-order valence-electron chi connectivity index (χ2n) is 7.14. The van der Waals surface area contributed by atoms with Crippen molar-refractivity contribution in [2.75, 3.05) is 0 Å². The van der Waals surface area contributed by atoms with Crippen LogP contribution < -0.4 is 0 Å². The third-order valence-electron chi connectivity index (χ3n) is 3.56. The zero-order chi connectivity index (χ0) is 16.2. The number of hydrogen-bond donors (Lipinski definition) is 0. The fraction of sp³-hybridized carbons (Fsp3) is 0.526. The van der Waals surface area contributed by atoms with E-state index in [0.29, 0.717) is 0 Å². The Kier molecular flexibility index (Phi) is 5.77. The smallest absolute Gasteiger partial charge is 0.247 e. The van der Waals surface area contributed by atoms with Crippen LogP contribution in [0.5, 0.6) is 0 Å². The van der Waals surface area contributed by atoms with Crippen LogP contribution >= 0.6 is 0 Å². The van der Waals surface area contributed by atoms with Crippen LogP contribution in [0.3, 0.4) is 0 Å². The molecule has 0 spiro atoms. The van der Waals surface area contributed by atoms with E-state index in [-0.39, 0.29) is 23.4 Å². The van der Waals surface area contributed by atoms with Crippen molar-refractivity contribution in [3.05, 3.63) is 41.5 Å². The number of hydrogen-bond acceptors (Lipinski definition) is 1. The molecule has 0 unspecified atom stereocenters. The minimum Gasteiger partial charge on any atom is -0.334 e. The normalized spacial score (nSPS) is 12.4. The molecule has 0 N–H and O–H groups in total. The molecule has 0 radical (unpaired) electrons. The van der Waals surface area contributed by atoms with E-state index in [2.05, 4.69) is 45.0 Å². The molecule has 0 atom stereocenters. The standard InChI is InChI=1S/C19H29NO/c1-14(2)20(15(3)4)18(21)13-10-16-8-11-17(12-9-16)19(5,6)7/h8-15H,1-7H3/b13-10+. The Hall–Kier alpha value is -1.57. The highest BCUT2D eigenvalue weighted by atomic mass is 16.2. The number of nitrogens with zero attached hydrogens (tertiary/aromatic N) is 1. The van der Waals surface area contributed by atoms with E-state index in [1.807, 2.05) is 38.7 Å². The Morgan fingerprint density at radius 1 is 1.00 bits per heavy atom. The van der Waals surface area contributed by atoms with E-state index < -0.39 is 0 Å². The van der Waals surface area contributed by atoms with Gasteiger partial charge in [-0.25, -0.2) is 0 Å². The first-order chi connectivity index (χ1) is 9.62. The zero-order valence-electron chi connectivity index (χ0n) is 14.5. The summed E-state index contributed by atoms with van der Waals surface area (Å²) in [5.41, 5.74) is 2.52. The predicted molar refractivity (Wildman–Crippen MR) is 91.3 cm³/mol. The first-order valence-electron chi connectivity index (χ1n) is 7.74. The first-order valence-corrected chi connectivity index (χ1v) is 7.74. The maximum atomic E-state index is 12.3. The largest absolute Gasteiger partial charge is 0.334 e. The molecule has 1 aromatic rings. The predicted octanol–water partition coefficient (Wildman–Crippen LogP) is 4.64. The van der Waals surface area contributed by atoms with E-state index in [4.69, 9.17) is 0 Å². The Bertz CT molecular complexity index is 481. The van der Waals surface area contributed by atoms with Gasteiger partial charge >= 0.3 is 0 Å². The van der Waals surface area contributed by atoms with Gasteiger partial charge in [-0.1, -0.05) is 45.0 Å². The number of benzene rings is 1. The van der Waals surface area contributed by atoms with Crippen molar-refractivity contribution in [2.24, 2.45) is 0 Å². The lowest BCUT2D eigenvalue weighted by molar-refractivity contribution is -0.129. The molecule has 0 aliphatic rings. The van der Waals surface area contributed by atoms with Gasteiger partial charge < -0.3 is 4.90 Å². The number of rotatable bonds is 4. The Morgan fingerprint density at radius 3 is 1.86 bits per heavy atom. The molecule has 0 aliphatic carbocycles. The van der Waals surface area contributed by atoms with Gasteiger partial charge in [-0.15, -0.1) is 0 Å². The van der Waals surface area contributed by atoms with Gasteiger partial charge in [-0.3, -0.25) is 4.79 Å². The molecule has 0 aliphatic heterocycles. The van der Waals surface area contributed by atoms with E-state index in [9.17, 15) is 4.79 Å². The molecular weight excluding hydrogens is 258 g/mol. The lowest BCUT2D eigenvalue weighted by Gasteiger charge is -2.29. The number of amides is 1. The molecule has 1 rings (SSSR count). The van der Waals surface area contributed by atoms with Crippen molar-refractivity contribution in [1.82, 2.24) is 4.90 Å². The molecule has 0 bridgehead atoms. The fourth-order valence-corrected chi connectivity index (χ4v) is 2.45. The molecule has 0 aromatic heterocycles. The van der Waals surface area contributed by atoms with Crippen LogP contribution in [0.15, 0.2) is 30.3 Å². The molecule has 2 nitrogen and oxygen atoms in total. The second kappa shape index (κ2) is 6.93. The van der Waals surface area contributed by atoms with Gasteiger partial charge in [0.1, 0.15) is 0 Å². The van der Waals surface area contributed by atoms with Crippen LogP contribution in [-0.2, 0) is 10.2 Å². The Balaban J connectivity index is 2.83. The highest BCUT2D eigenvalue weighted by molar-refractivity contribution is 5.92.